The molecular weight excluding hydrogens is 585 g/mol. The predicted octanol–water partition coefficient (Wildman–Crippen LogP) is 4.49. The third kappa shape index (κ3) is 4.50. The van der Waals surface area contributed by atoms with Gasteiger partial charge in [-0.1, -0.05) is 66.1 Å². The van der Waals surface area contributed by atoms with E-state index >= 15 is 0 Å². The van der Waals surface area contributed by atoms with Crippen molar-refractivity contribution in [2.24, 2.45) is 0 Å². The number of thioether (sulfide) groups is 2. The molecule has 2 aromatic rings. The second-order valence-electron chi connectivity index (χ2n) is 9.84. The van der Waals surface area contributed by atoms with Crippen molar-refractivity contribution in [1.82, 2.24) is 4.90 Å². The van der Waals surface area contributed by atoms with Gasteiger partial charge in [0.2, 0.25) is 5.91 Å². The number of para-hydroxylation sites is 1. The van der Waals surface area contributed by atoms with Crippen LogP contribution in [0.25, 0.3) is 5.57 Å². The molecule has 0 bridgehead atoms. The van der Waals surface area contributed by atoms with E-state index in [1.54, 1.807) is 38.1 Å². The van der Waals surface area contributed by atoms with Crippen LogP contribution in [0.1, 0.15) is 45.7 Å². The summed E-state index contributed by atoms with van der Waals surface area (Å²) < 4.78 is 10.4. The van der Waals surface area contributed by atoms with Crippen LogP contribution in [0.3, 0.4) is 0 Å². The lowest BCUT2D eigenvalue weighted by atomic mass is 9.82. The number of hydrogen-bond acceptors (Lipinski definition) is 10. The maximum Gasteiger partial charge on any atom is 0.346 e. The quantitative estimate of drug-likeness (QED) is 0.213. The molecule has 5 rings (SSSR count). The Balaban J connectivity index is 1.59. The number of methoxy groups -OCH3 is 2. The summed E-state index contributed by atoms with van der Waals surface area (Å²) in [4.78, 5) is 68.2. The fourth-order valence-electron chi connectivity index (χ4n) is 5.05. The number of anilines is 1. The smallest absolute Gasteiger partial charge is 0.346 e. The Bertz CT molecular complexity index is 1590. The van der Waals surface area contributed by atoms with E-state index < -0.39 is 41.7 Å². The first kappa shape index (κ1) is 28.8. The van der Waals surface area contributed by atoms with Gasteiger partial charge in [-0.15, -0.1) is 0 Å². The monoisotopic (exact) mass is 608 g/mol. The molecule has 12 heteroatoms. The van der Waals surface area contributed by atoms with E-state index in [1.807, 2.05) is 25.1 Å². The molecular formula is C29H24N2O7S3. The largest absolute Gasteiger partial charge is 0.465 e. The molecule has 3 amide bonds. The minimum absolute atomic E-state index is 0.0887. The Morgan fingerprint density at radius 1 is 0.854 bits per heavy atom. The molecule has 0 aliphatic carbocycles. The molecule has 2 aromatic carbocycles. The highest BCUT2D eigenvalue weighted by Crippen LogP contribution is 2.56. The molecule has 0 atom stereocenters. The molecule has 0 spiro atoms. The van der Waals surface area contributed by atoms with Gasteiger partial charge in [-0.2, -0.15) is 0 Å². The lowest BCUT2D eigenvalue weighted by molar-refractivity contribution is -0.138. The second kappa shape index (κ2) is 10.6. The number of hydrogen-bond donors (Lipinski definition) is 0. The van der Waals surface area contributed by atoms with Crippen LogP contribution in [0.15, 0.2) is 56.5 Å². The summed E-state index contributed by atoms with van der Waals surface area (Å²) >= 11 is 8.12. The van der Waals surface area contributed by atoms with E-state index in [2.05, 4.69) is 0 Å². The summed E-state index contributed by atoms with van der Waals surface area (Å²) in [5.41, 5.74) is 1.96. The van der Waals surface area contributed by atoms with Crippen LogP contribution in [0.4, 0.5) is 5.69 Å². The fraction of sp³-hybridized carbons (Fsp3) is 0.241. The van der Waals surface area contributed by atoms with Gasteiger partial charge in [-0.25, -0.2) is 9.59 Å². The average molecular weight is 609 g/mol. The van der Waals surface area contributed by atoms with Crippen LogP contribution >= 0.6 is 35.7 Å². The highest BCUT2D eigenvalue weighted by atomic mass is 32.2. The zero-order valence-corrected chi connectivity index (χ0v) is 25.2. The first-order valence-electron chi connectivity index (χ1n) is 12.4. The van der Waals surface area contributed by atoms with E-state index in [0.29, 0.717) is 25.9 Å². The number of ether oxygens (including phenoxy) is 2. The topological polar surface area (TPSA) is 110 Å². The van der Waals surface area contributed by atoms with Crippen molar-refractivity contribution in [3.05, 3.63) is 78.8 Å². The van der Waals surface area contributed by atoms with Crippen molar-refractivity contribution in [2.75, 3.05) is 25.7 Å². The summed E-state index contributed by atoms with van der Waals surface area (Å²) in [6.45, 7) is 4.94. The highest BCUT2D eigenvalue weighted by molar-refractivity contribution is 8.29. The molecule has 0 saturated heterocycles. The third-order valence-corrected chi connectivity index (χ3v) is 10.3. The lowest BCUT2D eigenvalue weighted by Crippen LogP contribution is -2.58. The predicted molar refractivity (Wildman–Crippen MR) is 160 cm³/mol. The molecule has 0 unspecified atom stereocenters. The van der Waals surface area contributed by atoms with Gasteiger partial charge in [0.25, 0.3) is 11.8 Å². The van der Waals surface area contributed by atoms with Crippen molar-refractivity contribution in [1.29, 1.82) is 0 Å². The van der Waals surface area contributed by atoms with Gasteiger partial charge in [0.15, 0.2) is 0 Å². The lowest BCUT2D eigenvalue weighted by Gasteiger charge is -2.46. The van der Waals surface area contributed by atoms with Crippen molar-refractivity contribution in [2.45, 2.75) is 26.3 Å². The van der Waals surface area contributed by atoms with Crippen molar-refractivity contribution in [3.8, 4) is 0 Å². The van der Waals surface area contributed by atoms with Crippen molar-refractivity contribution in [3.63, 3.8) is 0 Å². The van der Waals surface area contributed by atoms with Gasteiger partial charge in [0.1, 0.15) is 16.4 Å². The van der Waals surface area contributed by atoms with Gasteiger partial charge in [0.05, 0.1) is 45.7 Å². The number of rotatable bonds is 4. The third-order valence-electron chi connectivity index (χ3n) is 7.03. The molecule has 0 saturated carbocycles. The number of nitrogens with zero attached hydrogens (tertiary/aromatic N) is 2. The molecule has 210 valence electrons. The Morgan fingerprint density at radius 3 is 1.88 bits per heavy atom. The molecule has 41 heavy (non-hydrogen) atoms. The van der Waals surface area contributed by atoms with Crippen LogP contribution in [-0.2, 0) is 23.9 Å². The zero-order chi connectivity index (χ0) is 29.8. The van der Waals surface area contributed by atoms with Crippen LogP contribution in [-0.4, -0.2) is 65.7 Å². The van der Waals surface area contributed by atoms with Gasteiger partial charge >= 0.3 is 11.9 Å². The minimum atomic E-state index is -1.09. The summed E-state index contributed by atoms with van der Waals surface area (Å²) in [7, 11) is 2.46. The van der Waals surface area contributed by atoms with Crippen LogP contribution < -0.4 is 4.90 Å². The number of benzene rings is 2. The first-order valence-corrected chi connectivity index (χ1v) is 14.4. The van der Waals surface area contributed by atoms with E-state index in [1.165, 1.54) is 19.1 Å². The number of amides is 3. The Hall–Kier alpha value is -3.74. The maximum atomic E-state index is 14.0. The number of imide groups is 1. The maximum absolute atomic E-state index is 14.0. The highest BCUT2D eigenvalue weighted by Gasteiger charge is 2.48. The van der Waals surface area contributed by atoms with E-state index in [0.717, 1.165) is 34.0 Å². The van der Waals surface area contributed by atoms with Crippen LogP contribution in [0.5, 0.6) is 0 Å². The zero-order valence-electron chi connectivity index (χ0n) is 22.7. The number of thiocarbonyl (C=S) groups is 1. The Labute approximate surface area is 249 Å². The summed E-state index contributed by atoms with van der Waals surface area (Å²) in [6.07, 6.45) is 0. The van der Waals surface area contributed by atoms with Gasteiger partial charge in [0, 0.05) is 11.1 Å². The Morgan fingerprint density at radius 2 is 1.37 bits per heavy atom. The number of carbonyl (C=O) groups excluding carboxylic acids is 5. The van der Waals surface area contributed by atoms with Gasteiger partial charge in [-0.05, 0) is 38.5 Å². The van der Waals surface area contributed by atoms with E-state index in [4.69, 9.17) is 21.7 Å². The first-order chi connectivity index (χ1) is 19.4. The number of carbonyl (C=O) groups is 5. The minimum Gasteiger partial charge on any atom is -0.465 e. The van der Waals surface area contributed by atoms with Crippen LogP contribution in [0.2, 0.25) is 0 Å². The molecule has 0 radical (unpaired) electrons. The molecule has 3 aliphatic heterocycles. The molecule has 3 heterocycles. The van der Waals surface area contributed by atoms with E-state index in [9.17, 15) is 24.0 Å². The van der Waals surface area contributed by atoms with Crippen molar-refractivity contribution >= 4 is 81.5 Å². The van der Waals surface area contributed by atoms with Crippen molar-refractivity contribution < 1.29 is 33.4 Å². The number of fused-ring (bicyclic) bond motifs is 2. The molecule has 0 fully saturated rings. The summed E-state index contributed by atoms with van der Waals surface area (Å²) in [6, 6.07) is 11.9. The summed E-state index contributed by atoms with van der Waals surface area (Å²) in [5.74, 6) is -2.90. The number of aryl methyl sites for hydroxylation is 1. The van der Waals surface area contributed by atoms with Gasteiger partial charge in [-0.3, -0.25) is 24.2 Å². The average Bonchev–Trinajstić information content (AvgIpc) is 3.49. The van der Waals surface area contributed by atoms with E-state index in [-0.39, 0.29) is 20.9 Å². The summed E-state index contributed by atoms with van der Waals surface area (Å²) in [5, 5.41) is 0. The van der Waals surface area contributed by atoms with Gasteiger partial charge < -0.3 is 9.47 Å². The SMILES string of the molecule is COC(=O)C1=C(C(=O)OC)SC(=C2C(=S)C(C)(C)N(C(=O)CN3C(=O)c4ccccc4C3=O)c3c(C)cccc32)S1. The molecule has 0 N–H and O–H groups in total. The number of esters is 2. The van der Waals surface area contributed by atoms with Crippen LogP contribution in [0, 0.1) is 6.92 Å². The second-order valence-corrected chi connectivity index (χ2v) is 12.5. The molecule has 3 aliphatic rings. The molecule has 9 nitrogen and oxygen atoms in total. The fourth-order valence-corrected chi connectivity index (χ4v) is 8.08. The standard InChI is InChI=1S/C29H24N2O7S3/c1-14-9-8-12-17-19(28-40-21(26(35)37-4)22(41-28)27(36)38-5)23(39)29(2,3)31(20(14)17)18(32)13-30-24(33)15-10-6-7-11-16(15)25(30)34/h6-12H,13H2,1-5H3. The molecule has 0 aromatic heterocycles. The normalized spacial score (nSPS) is 17.6. The Kier molecular flexibility index (Phi) is 7.43.